The molecule has 0 saturated carbocycles. The maximum absolute atomic E-state index is 12.3. The number of carbonyl (C=O) groups is 1. The number of amides is 1. The molecule has 1 aliphatic heterocycles. The molecule has 1 aliphatic rings. The van der Waals surface area contributed by atoms with Gasteiger partial charge < -0.3 is 15.2 Å². The highest BCUT2D eigenvalue weighted by molar-refractivity contribution is 5.92. The van der Waals surface area contributed by atoms with Crippen LogP contribution in [0, 0.1) is 0 Å². The van der Waals surface area contributed by atoms with E-state index < -0.39 is 0 Å². The number of rotatable bonds is 3. The Morgan fingerprint density at radius 3 is 3.12 bits per heavy atom. The monoisotopic (exact) mass is 325 g/mol. The molecule has 2 N–H and O–H groups in total. The first-order chi connectivity index (χ1) is 11.7. The molecule has 24 heavy (non-hydrogen) atoms. The van der Waals surface area contributed by atoms with Crippen LogP contribution in [-0.2, 0) is 7.05 Å². The number of anilines is 1. The van der Waals surface area contributed by atoms with Crippen LogP contribution in [0.3, 0.4) is 0 Å². The molecule has 3 aromatic heterocycles. The van der Waals surface area contributed by atoms with Crippen molar-refractivity contribution in [3.8, 4) is 0 Å². The summed E-state index contributed by atoms with van der Waals surface area (Å²) in [5, 5.41) is 8.24. The molecule has 1 amide bonds. The first kappa shape index (κ1) is 14.7. The van der Waals surface area contributed by atoms with Crippen molar-refractivity contribution in [2.45, 2.75) is 18.9 Å². The van der Waals surface area contributed by atoms with Crippen LogP contribution in [-0.4, -0.2) is 49.8 Å². The lowest BCUT2D eigenvalue weighted by molar-refractivity contribution is 0.0927. The molecule has 4 heterocycles. The molecule has 1 unspecified atom stereocenters. The molecule has 8 heteroatoms. The molecule has 1 fully saturated rings. The van der Waals surface area contributed by atoms with E-state index in [9.17, 15) is 4.79 Å². The molecule has 1 saturated heterocycles. The maximum atomic E-state index is 12.3. The Morgan fingerprint density at radius 1 is 1.38 bits per heavy atom. The van der Waals surface area contributed by atoms with E-state index in [1.807, 2.05) is 12.3 Å². The van der Waals surface area contributed by atoms with E-state index in [4.69, 9.17) is 0 Å². The fraction of sp³-hybridized carbons (Fsp3) is 0.375. The van der Waals surface area contributed by atoms with Crippen molar-refractivity contribution < 1.29 is 4.79 Å². The number of aryl methyl sites for hydroxylation is 1. The van der Waals surface area contributed by atoms with Crippen LogP contribution in [0.4, 0.5) is 5.82 Å². The molecule has 1 atom stereocenters. The second kappa shape index (κ2) is 5.95. The van der Waals surface area contributed by atoms with Gasteiger partial charge in [-0.05, 0) is 25.0 Å². The lowest BCUT2D eigenvalue weighted by Crippen LogP contribution is -2.48. The Labute approximate surface area is 138 Å². The number of piperidine rings is 1. The molecule has 0 spiro atoms. The minimum absolute atomic E-state index is 0.0808. The summed E-state index contributed by atoms with van der Waals surface area (Å²) in [5.41, 5.74) is 1.28. The van der Waals surface area contributed by atoms with Crippen LogP contribution in [0.25, 0.3) is 11.0 Å². The summed E-state index contributed by atoms with van der Waals surface area (Å²) in [5.74, 6) is 0.787. The van der Waals surface area contributed by atoms with Crippen molar-refractivity contribution in [1.82, 2.24) is 30.0 Å². The van der Waals surface area contributed by atoms with Crippen LogP contribution in [0.5, 0.6) is 0 Å². The van der Waals surface area contributed by atoms with Crippen LogP contribution in [0.1, 0.15) is 23.3 Å². The number of aromatic nitrogens is 5. The van der Waals surface area contributed by atoms with E-state index in [0.717, 1.165) is 42.8 Å². The van der Waals surface area contributed by atoms with Gasteiger partial charge in [0.25, 0.3) is 5.91 Å². The van der Waals surface area contributed by atoms with Gasteiger partial charge in [0.2, 0.25) is 0 Å². The highest BCUT2D eigenvalue weighted by Gasteiger charge is 2.24. The Kier molecular flexibility index (Phi) is 3.64. The Morgan fingerprint density at radius 2 is 2.29 bits per heavy atom. The molecule has 4 rings (SSSR count). The second-order valence-corrected chi connectivity index (χ2v) is 6.07. The Balaban J connectivity index is 1.49. The average Bonchev–Trinajstić information content (AvgIpc) is 3.23. The van der Waals surface area contributed by atoms with Gasteiger partial charge in [0.1, 0.15) is 23.5 Å². The highest BCUT2D eigenvalue weighted by Crippen LogP contribution is 2.25. The standard InChI is InChI=1S/C16H19N7O/c1-22-8-5-13(21-22)16(24)20-11-3-2-7-23(9-11)15-12-4-6-17-14(12)18-10-19-15/h4-6,8,10-11H,2-3,7,9H2,1H3,(H,20,24)(H,17,18,19). The summed E-state index contributed by atoms with van der Waals surface area (Å²) in [7, 11) is 1.80. The van der Waals surface area contributed by atoms with E-state index in [-0.39, 0.29) is 11.9 Å². The van der Waals surface area contributed by atoms with Gasteiger partial charge in [0, 0.05) is 38.6 Å². The van der Waals surface area contributed by atoms with Crippen molar-refractivity contribution in [3.05, 3.63) is 36.5 Å². The first-order valence-electron chi connectivity index (χ1n) is 8.04. The number of nitrogens with zero attached hydrogens (tertiary/aromatic N) is 5. The Bertz CT molecular complexity index is 868. The molecule has 124 valence electrons. The largest absolute Gasteiger partial charge is 0.354 e. The van der Waals surface area contributed by atoms with Crippen molar-refractivity contribution in [1.29, 1.82) is 0 Å². The van der Waals surface area contributed by atoms with Crippen LogP contribution in [0.15, 0.2) is 30.9 Å². The third kappa shape index (κ3) is 2.70. The molecular formula is C16H19N7O. The van der Waals surface area contributed by atoms with E-state index in [1.54, 1.807) is 30.3 Å². The number of fused-ring (bicyclic) bond motifs is 1. The van der Waals surface area contributed by atoms with Gasteiger partial charge in [-0.2, -0.15) is 5.10 Å². The van der Waals surface area contributed by atoms with Crippen LogP contribution < -0.4 is 10.2 Å². The lowest BCUT2D eigenvalue weighted by atomic mass is 10.1. The van der Waals surface area contributed by atoms with Gasteiger partial charge in [-0.15, -0.1) is 0 Å². The average molecular weight is 325 g/mol. The minimum Gasteiger partial charge on any atom is -0.354 e. The number of nitrogens with one attached hydrogen (secondary N) is 2. The van der Waals surface area contributed by atoms with Gasteiger partial charge in [-0.3, -0.25) is 9.48 Å². The molecule has 0 radical (unpaired) electrons. The van der Waals surface area contributed by atoms with Crippen LogP contribution >= 0.6 is 0 Å². The summed E-state index contributed by atoms with van der Waals surface area (Å²) >= 11 is 0. The van der Waals surface area contributed by atoms with Gasteiger partial charge in [-0.25, -0.2) is 9.97 Å². The number of hydrogen-bond acceptors (Lipinski definition) is 5. The SMILES string of the molecule is Cn1ccc(C(=O)NC2CCCN(c3ncnc4[nH]ccc34)C2)n1. The Hall–Kier alpha value is -2.90. The number of hydrogen-bond donors (Lipinski definition) is 2. The number of carbonyl (C=O) groups excluding carboxylic acids is 1. The summed E-state index contributed by atoms with van der Waals surface area (Å²) in [6.07, 6.45) is 7.17. The third-order valence-electron chi connectivity index (χ3n) is 4.34. The smallest absolute Gasteiger partial charge is 0.272 e. The normalized spacial score (nSPS) is 18.0. The van der Waals surface area contributed by atoms with Crippen LogP contribution in [0.2, 0.25) is 0 Å². The van der Waals surface area contributed by atoms with Crippen molar-refractivity contribution in [3.63, 3.8) is 0 Å². The zero-order valence-electron chi connectivity index (χ0n) is 13.4. The third-order valence-corrected chi connectivity index (χ3v) is 4.34. The second-order valence-electron chi connectivity index (χ2n) is 6.07. The molecule has 8 nitrogen and oxygen atoms in total. The zero-order valence-corrected chi connectivity index (χ0v) is 13.4. The molecule has 0 bridgehead atoms. The van der Waals surface area contributed by atoms with E-state index in [2.05, 4.69) is 30.3 Å². The van der Waals surface area contributed by atoms with E-state index in [0.29, 0.717) is 5.69 Å². The summed E-state index contributed by atoms with van der Waals surface area (Å²) < 4.78 is 1.63. The summed E-state index contributed by atoms with van der Waals surface area (Å²) in [6, 6.07) is 3.79. The predicted molar refractivity (Wildman–Crippen MR) is 89.8 cm³/mol. The quantitative estimate of drug-likeness (QED) is 0.752. The van der Waals surface area contributed by atoms with Gasteiger partial charge in [-0.1, -0.05) is 0 Å². The minimum atomic E-state index is -0.128. The lowest BCUT2D eigenvalue weighted by Gasteiger charge is -2.34. The van der Waals surface area contributed by atoms with Gasteiger partial charge >= 0.3 is 0 Å². The summed E-state index contributed by atoms with van der Waals surface area (Å²) in [6.45, 7) is 1.66. The molecule has 3 aromatic rings. The maximum Gasteiger partial charge on any atom is 0.272 e. The number of H-pyrrole nitrogens is 1. The topological polar surface area (TPSA) is 91.7 Å². The van der Waals surface area contributed by atoms with Crippen molar-refractivity contribution in [2.75, 3.05) is 18.0 Å². The zero-order chi connectivity index (χ0) is 16.5. The fourth-order valence-electron chi connectivity index (χ4n) is 3.19. The van der Waals surface area contributed by atoms with E-state index >= 15 is 0 Å². The first-order valence-corrected chi connectivity index (χ1v) is 8.04. The fourth-order valence-corrected chi connectivity index (χ4v) is 3.19. The molecular weight excluding hydrogens is 306 g/mol. The predicted octanol–water partition coefficient (Wildman–Crippen LogP) is 1.09. The molecule has 0 aromatic carbocycles. The van der Waals surface area contributed by atoms with Gasteiger partial charge in [0.15, 0.2) is 0 Å². The number of aromatic amines is 1. The van der Waals surface area contributed by atoms with Crippen molar-refractivity contribution in [2.24, 2.45) is 7.05 Å². The summed E-state index contributed by atoms with van der Waals surface area (Å²) in [4.78, 5) is 26.3. The van der Waals surface area contributed by atoms with Crippen molar-refractivity contribution >= 4 is 22.8 Å². The van der Waals surface area contributed by atoms with Gasteiger partial charge in [0.05, 0.1) is 5.39 Å². The molecule has 0 aliphatic carbocycles. The van der Waals surface area contributed by atoms with E-state index in [1.165, 1.54) is 0 Å². The highest BCUT2D eigenvalue weighted by atomic mass is 16.2.